The number of methoxy groups -OCH3 is 1. The number of nitrogens with one attached hydrogen (secondary N) is 2. The Hall–Kier alpha value is -1.80. The van der Waals surface area contributed by atoms with Crippen LogP contribution in [0.3, 0.4) is 0 Å². The van der Waals surface area contributed by atoms with Gasteiger partial charge in [-0.3, -0.25) is 4.79 Å². The van der Waals surface area contributed by atoms with Gasteiger partial charge in [0.25, 0.3) is 5.91 Å². The molecule has 0 aliphatic heterocycles. The number of carbonyl (C=O) groups is 1. The Morgan fingerprint density at radius 2 is 1.81 bits per heavy atom. The van der Waals surface area contributed by atoms with Crippen LogP contribution in [0.25, 0.3) is 0 Å². The van der Waals surface area contributed by atoms with Gasteiger partial charge in [0.1, 0.15) is 0 Å². The molecule has 0 bridgehead atoms. The molecule has 0 heterocycles. The maximum absolute atomic E-state index is 12.2. The lowest BCUT2D eigenvalue weighted by Gasteiger charge is -2.18. The van der Waals surface area contributed by atoms with E-state index < -0.39 is 0 Å². The van der Waals surface area contributed by atoms with E-state index >= 15 is 0 Å². The third-order valence-electron chi connectivity index (χ3n) is 4.80. The normalized spacial score (nSPS) is 10.5. The predicted molar refractivity (Wildman–Crippen MR) is 133 cm³/mol. The molecule has 0 radical (unpaired) electrons. The number of carbonyl (C=O) groups excluding carboxylic acids is 1. The largest absolute Gasteiger partial charge is 0.493 e. The second-order valence-electron chi connectivity index (χ2n) is 7.02. The second kappa shape index (κ2) is 14.3. The lowest BCUT2D eigenvalue weighted by atomic mass is 10.2. The molecule has 6 nitrogen and oxygen atoms in total. The lowest BCUT2D eigenvalue weighted by Crippen LogP contribution is -2.31. The molecule has 0 saturated carbocycles. The molecular formula is C23H33BrClN3O3. The van der Waals surface area contributed by atoms with Crippen LogP contribution in [-0.4, -0.2) is 50.7 Å². The third-order valence-corrected chi connectivity index (χ3v) is 5.39. The van der Waals surface area contributed by atoms with Crippen molar-refractivity contribution in [2.75, 3.05) is 45.2 Å². The third kappa shape index (κ3) is 9.07. The van der Waals surface area contributed by atoms with Crippen LogP contribution >= 0.6 is 28.3 Å². The number of halogens is 2. The van der Waals surface area contributed by atoms with E-state index in [0.29, 0.717) is 11.5 Å². The number of rotatable bonds is 12. The number of hydrogen-bond acceptors (Lipinski definition) is 5. The molecule has 0 aliphatic rings. The van der Waals surface area contributed by atoms with Crippen LogP contribution in [0.15, 0.2) is 40.9 Å². The fourth-order valence-corrected chi connectivity index (χ4v) is 3.60. The second-order valence-corrected chi connectivity index (χ2v) is 7.87. The highest BCUT2D eigenvalue weighted by Crippen LogP contribution is 2.36. The van der Waals surface area contributed by atoms with Gasteiger partial charge in [0.05, 0.1) is 11.6 Å². The van der Waals surface area contributed by atoms with Crippen molar-refractivity contribution in [3.05, 3.63) is 52.0 Å². The average molecular weight is 515 g/mol. The van der Waals surface area contributed by atoms with Gasteiger partial charge in [0.2, 0.25) is 0 Å². The van der Waals surface area contributed by atoms with Crippen LogP contribution in [0.5, 0.6) is 11.5 Å². The monoisotopic (exact) mass is 513 g/mol. The van der Waals surface area contributed by atoms with Crippen LogP contribution < -0.4 is 20.1 Å². The van der Waals surface area contributed by atoms with Gasteiger partial charge >= 0.3 is 0 Å². The summed E-state index contributed by atoms with van der Waals surface area (Å²) in [7, 11) is 1.60. The van der Waals surface area contributed by atoms with Crippen molar-refractivity contribution in [3.63, 3.8) is 0 Å². The van der Waals surface area contributed by atoms with Crippen molar-refractivity contribution in [2.45, 2.75) is 27.3 Å². The number of anilines is 1. The number of likely N-dealkylation sites (N-methyl/N-ethyl adjacent to an activating group) is 1. The number of amides is 1. The summed E-state index contributed by atoms with van der Waals surface area (Å²) in [6.07, 6.45) is 0. The van der Waals surface area contributed by atoms with Crippen LogP contribution in [0, 0.1) is 6.92 Å². The van der Waals surface area contributed by atoms with Gasteiger partial charge < -0.3 is 25.0 Å². The van der Waals surface area contributed by atoms with Crippen molar-refractivity contribution in [1.29, 1.82) is 0 Å². The van der Waals surface area contributed by atoms with Crippen molar-refractivity contribution >= 4 is 39.9 Å². The van der Waals surface area contributed by atoms with Crippen molar-refractivity contribution in [1.82, 2.24) is 10.2 Å². The molecule has 0 atom stereocenters. The lowest BCUT2D eigenvalue weighted by molar-refractivity contribution is -0.118. The molecule has 2 rings (SSSR count). The highest BCUT2D eigenvalue weighted by Gasteiger charge is 2.14. The Morgan fingerprint density at radius 1 is 1.13 bits per heavy atom. The van der Waals surface area contributed by atoms with Gasteiger partial charge in [0, 0.05) is 25.3 Å². The molecule has 2 aromatic rings. The molecule has 0 saturated heterocycles. The number of benzene rings is 2. The van der Waals surface area contributed by atoms with Gasteiger partial charge in [0.15, 0.2) is 18.1 Å². The van der Waals surface area contributed by atoms with Crippen LogP contribution in [-0.2, 0) is 11.3 Å². The van der Waals surface area contributed by atoms with E-state index in [0.717, 1.165) is 54.0 Å². The first-order valence-electron chi connectivity index (χ1n) is 10.3. The Morgan fingerprint density at radius 3 is 2.42 bits per heavy atom. The summed E-state index contributed by atoms with van der Waals surface area (Å²) in [5.74, 6) is 0.881. The first kappa shape index (κ1) is 27.2. The maximum Gasteiger partial charge on any atom is 0.262 e. The molecule has 172 valence electrons. The summed E-state index contributed by atoms with van der Waals surface area (Å²) < 4.78 is 12.0. The van der Waals surface area contributed by atoms with Gasteiger partial charge in [-0.1, -0.05) is 31.5 Å². The molecule has 2 N–H and O–H groups in total. The van der Waals surface area contributed by atoms with Gasteiger partial charge in [-0.25, -0.2) is 0 Å². The summed E-state index contributed by atoms with van der Waals surface area (Å²) in [5.41, 5.74) is 2.96. The molecule has 0 unspecified atom stereocenters. The van der Waals surface area contributed by atoms with Gasteiger partial charge in [-0.15, -0.1) is 12.4 Å². The molecule has 0 spiro atoms. The molecule has 0 fully saturated rings. The van der Waals surface area contributed by atoms with Crippen molar-refractivity contribution in [2.24, 2.45) is 0 Å². The molecule has 2 aromatic carbocycles. The van der Waals surface area contributed by atoms with E-state index in [1.54, 1.807) is 7.11 Å². The molecule has 0 aliphatic carbocycles. The zero-order valence-corrected chi connectivity index (χ0v) is 21.1. The van der Waals surface area contributed by atoms with Gasteiger partial charge in [-0.2, -0.15) is 0 Å². The SMILES string of the molecule is CCN(CC)CCNCc1cc(Br)c(OCC(=O)Nc2ccc(C)cc2)c(OC)c1.Cl. The van der Waals surface area contributed by atoms with E-state index in [2.05, 4.69) is 45.3 Å². The summed E-state index contributed by atoms with van der Waals surface area (Å²) in [4.78, 5) is 14.6. The fraction of sp³-hybridized carbons (Fsp3) is 0.435. The highest BCUT2D eigenvalue weighted by atomic mass is 79.9. The van der Waals surface area contributed by atoms with Crippen LogP contribution in [0.2, 0.25) is 0 Å². The standard InChI is InChI=1S/C23H32BrN3O3.ClH/c1-5-27(6-2)12-11-25-15-18-13-20(24)23(21(14-18)29-4)30-16-22(28)26-19-9-7-17(3)8-10-19;/h7-10,13-14,25H,5-6,11-12,15-16H2,1-4H3,(H,26,28);1H. The summed E-state index contributed by atoms with van der Waals surface area (Å²) >= 11 is 3.55. The summed E-state index contributed by atoms with van der Waals surface area (Å²) in [6.45, 7) is 11.0. The van der Waals surface area contributed by atoms with Crippen LogP contribution in [0.4, 0.5) is 5.69 Å². The number of aryl methyl sites for hydroxylation is 1. The first-order chi connectivity index (χ1) is 14.5. The predicted octanol–water partition coefficient (Wildman–Crippen LogP) is 4.64. The number of hydrogen-bond donors (Lipinski definition) is 2. The Labute approximate surface area is 200 Å². The number of nitrogens with zero attached hydrogens (tertiary/aromatic N) is 1. The first-order valence-corrected chi connectivity index (χ1v) is 11.0. The Kier molecular flexibility index (Phi) is 12.6. The minimum absolute atomic E-state index is 0. The maximum atomic E-state index is 12.2. The van der Waals surface area contributed by atoms with E-state index in [4.69, 9.17) is 9.47 Å². The topological polar surface area (TPSA) is 62.8 Å². The van der Waals surface area contributed by atoms with Crippen LogP contribution in [0.1, 0.15) is 25.0 Å². The summed E-state index contributed by atoms with van der Waals surface area (Å²) in [6, 6.07) is 11.6. The van der Waals surface area contributed by atoms with Crippen molar-refractivity contribution in [3.8, 4) is 11.5 Å². The average Bonchev–Trinajstić information content (AvgIpc) is 2.74. The quantitative estimate of drug-likeness (QED) is 0.404. The minimum atomic E-state index is -0.227. The zero-order chi connectivity index (χ0) is 21.9. The molecule has 31 heavy (non-hydrogen) atoms. The molecule has 8 heteroatoms. The minimum Gasteiger partial charge on any atom is -0.493 e. The Bertz CT molecular complexity index is 814. The van der Waals surface area contributed by atoms with Gasteiger partial charge in [-0.05, 0) is 65.8 Å². The molecule has 1 amide bonds. The number of ether oxygens (including phenoxy) is 2. The smallest absolute Gasteiger partial charge is 0.262 e. The summed E-state index contributed by atoms with van der Waals surface area (Å²) in [5, 5.41) is 6.28. The fourth-order valence-electron chi connectivity index (χ4n) is 3.00. The highest BCUT2D eigenvalue weighted by molar-refractivity contribution is 9.10. The van der Waals surface area contributed by atoms with E-state index in [1.165, 1.54) is 0 Å². The molecular weight excluding hydrogens is 482 g/mol. The van der Waals surface area contributed by atoms with E-state index in [-0.39, 0.29) is 24.9 Å². The zero-order valence-electron chi connectivity index (χ0n) is 18.7. The van der Waals surface area contributed by atoms with Crippen molar-refractivity contribution < 1.29 is 14.3 Å². The van der Waals surface area contributed by atoms with E-state index in [9.17, 15) is 4.79 Å². The van der Waals surface area contributed by atoms with E-state index in [1.807, 2.05) is 43.3 Å². The Balaban J connectivity index is 0.00000480. The molecule has 0 aromatic heterocycles.